The fraction of sp³-hybridized carbons (Fsp3) is 0.571. The summed E-state index contributed by atoms with van der Waals surface area (Å²) in [5.41, 5.74) is 1.05. The minimum Gasteiger partial charge on any atom is -0.369 e. The zero-order chi connectivity index (χ0) is 13.1. The first kappa shape index (κ1) is 14.0. The molecule has 1 atom stereocenters. The van der Waals surface area contributed by atoms with Crippen molar-refractivity contribution in [3.8, 4) is 0 Å². The molecule has 0 saturated carbocycles. The van der Waals surface area contributed by atoms with Crippen molar-refractivity contribution in [1.82, 2.24) is 5.32 Å². The summed E-state index contributed by atoms with van der Waals surface area (Å²) >= 11 is 12.4. The standard InChI is InChI=1S/C14H20Cl2N2/c1-10(2)12-9-18(8-4-7-17-12)13-6-3-5-11(15)14(13)16/h3,5-6,10,12,17H,4,7-9H2,1-2H3. The molecule has 100 valence electrons. The highest BCUT2D eigenvalue weighted by atomic mass is 35.5. The largest absolute Gasteiger partial charge is 0.369 e. The van der Waals surface area contributed by atoms with Crippen molar-refractivity contribution in [2.45, 2.75) is 26.3 Å². The topological polar surface area (TPSA) is 15.3 Å². The molecule has 1 aliphatic heterocycles. The molecule has 2 rings (SSSR count). The van der Waals surface area contributed by atoms with Gasteiger partial charge in [0, 0.05) is 19.1 Å². The molecule has 1 saturated heterocycles. The van der Waals surface area contributed by atoms with Crippen LogP contribution in [0, 0.1) is 5.92 Å². The molecule has 1 unspecified atom stereocenters. The molecule has 18 heavy (non-hydrogen) atoms. The Morgan fingerprint density at radius 2 is 2.11 bits per heavy atom. The normalized spacial score (nSPS) is 21.2. The van der Waals surface area contributed by atoms with Gasteiger partial charge in [0.25, 0.3) is 0 Å². The van der Waals surface area contributed by atoms with E-state index >= 15 is 0 Å². The number of hydrogen-bond acceptors (Lipinski definition) is 2. The summed E-state index contributed by atoms with van der Waals surface area (Å²) in [6, 6.07) is 6.36. The molecule has 0 radical (unpaired) electrons. The molecular formula is C14H20Cl2N2. The first-order chi connectivity index (χ1) is 8.59. The van der Waals surface area contributed by atoms with E-state index in [0.717, 1.165) is 31.7 Å². The van der Waals surface area contributed by atoms with Gasteiger partial charge in [-0.3, -0.25) is 0 Å². The highest BCUT2D eigenvalue weighted by Crippen LogP contribution is 2.33. The van der Waals surface area contributed by atoms with Gasteiger partial charge in [0.2, 0.25) is 0 Å². The lowest BCUT2D eigenvalue weighted by atomic mass is 10.0. The van der Waals surface area contributed by atoms with Crippen LogP contribution >= 0.6 is 23.2 Å². The van der Waals surface area contributed by atoms with Crippen LogP contribution in [0.4, 0.5) is 5.69 Å². The molecule has 1 aromatic rings. The molecule has 0 amide bonds. The van der Waals surface area contributed by atoms with Crippen molar-refractivity contribution < 1.29 is 0 Å². The van der Waals surface area contributed by atoms with Gasteiger partial charge in [-0.15, -0.1) is 0 Å². The number of anilines is 1. The Kier molecular flexibility index (Phi) is 4.77. The second-order valence-corrected chi connectivity index (χ2v) is 5.96. The van der Waals surface area contributed by atoms with Crippen LogP contribution in [0.2, 0.25) is 10.0 Å². The van der Waals surface area contributed by atoms with Gasteiger partial charge in [0.1, 0.15) is 0 Å². The minimum atomic E-state index is 0.502. The maximum atomic E-state index is 6.31. The van der Waals surface area contributed by atoms with E-state index in [1.807, 2.05) is 12.1 Å². The molecule has 0 aromatic heterocycles. The Morgan fingerprint density at radius 1 is 1.33 bits per heavy atom. The smallest absolute Gasteiger partial charge is 0.0825 e. The summed E-state index contributed by atoms with van der Waals surface area (Å²) < 4.78 is 0. The van der Waals surface area contributed by atoms with Gasteiger partial charge in [-0.1, -0.05) is 43.1 Å². The van der Waals surface area contributed by atoms with E-state index in [4.69, 9.17) is 23.2 Å². The molecule has 1 N–H and O–H groups in total. The number of rotatable bonds is 2. The maximum Gasteiger partial charge on any atom is 0.0825 e. The van der Waals surface area contributed by atoms with E-state index in [2.05, 4.69) is 30.1 Å². The molecular weight excluding hydrogens is 267 g/mol. The van der Waals surface area contributed by atoms with Crippen molar-refractivity contribution in [2.24, 2.45) is 5.92 Å². The SMILES string of the molecule is CC(C)C1CN(c2cccc(Cl)c2Cl)CCCN1. The third-order valence-corrected chi connectivity index (χ3v) is 4.31. The third kappa shape index (κ3) is 3.11. The van der Waals surface area contributed by atoms with Crippen LogP contribution in [0.15, 0.2) is 18.2 Å². The van der Waals surface area contributed by atoms with Gasteiger partial charge in [0.05, 0.1) is 15.7 Å². The average Bonchev–Trinajstić information content (AvgIpc) is 2.58. The second kappa shape index (κ2) is 6.14. The number of hydrogen-bond donors (Lipinski definition) is 1. The molecule has 0 spiro atoms. The molecule has 4 heteroatoms. The van der Waals surface area contributed by atoms with Gasteiger partial charge in [-0.2, -0.15) is 0 Å². The quantitative estimate of drug-likeness (QED) is 0.889. The maximum absolute atomic E-state index is 6.31. The van der Waals surface area contributed by atoms with Crippen molar-refractivity contribution in [2.75, 3.05) is 24.5 Å². The fourth-order valence-corrected chi connectivity index (χ4v) is 2.77. The summed E-state index contributed by atoms with van der Waals surface area (Å²) in [4.78, 5) is 2.35. The van der Waals surface area contributed by atoms with Crippen molar-refractivity contribution in [1.29, 1.82) is 0 Å². The van der Waals surface area contributed by atoms with Crippen LogP contribution in [0.5, 0.6) is 0 Å². The summed E-state index contributed by atoms with van der Waals surface area (Å²) in [6.07, 6.45) is 1.13. The highest BCUT2D eigenvalue weighted by molar-refractivity contribution is 6.43. The summed E-state index contributed by atoms with van der Waals surface area (Å²) in [5, 5.41) is 4.90. The second-order valence-electron chi connectivity index (χ2n) is 5.18. The van der Waals surface area contributed by atoms with Gasteiger partial charge in [0.15, 0.2) is 0 Å². The third-order valence-electron chi connectivity index (χ3n) is 3.51. The van der Waals surface area contributed by atoms with E-state index in [0.29, 0.717) is 22.0 Å². The van der Waals surface area contributed by atoms with Crippen molar-refractivity contribution in [3.05, 3.63) is 28.2 Å². The molecule has 1 fully saturated rings. The monoisotopic (exact) mass is 286 g/mol. The first-order valence-electron chi connectivity index (χ1n) is 6.52. The first-order valence-corrected chi connectivity index (χ1v) is 7.27. The number of nitrogens with one attached hydrogen (secondary N) is 1. The fourth-order valence-electron chi connectivity index (χ4n) is 2.35. The summed E-state index contributed by atoms with van der Waals surface area (Å²) in [6.45, 7) is 7.58. The van der Waals surface area contributed by atoms with Crippen LogP contribution in [-0.2, 0) is 0 Å². The number of halogens is 2. The van der Waals surface area contributed by atoms with Crippen LogP contribution in [0.3, 0.4) is 0 Å². The Bertz CT molecular complexity index is 407. The van der Waals surface area contributed by atoms with Gasteiger partial charge in [-0.05, 0) is 31.0 Å². The molecule has 1 aliphatic rings. The zero-order valence-corrected chi connectivity index (χ0v) is 12.4. The van der Waals surface area contributed by atoms with Crippen molar-refractivity contribution >= 4 is 28.9 Å². The summed E-state index contributed by atoms with van der Waals surface area (Å²) in [7, 11) is 0. The van der Waals surface area contributed by atoms with Gasteiger partial charge < -0.3 is 10.2 Å². The summed E-state index contributed by atoms with van der Waals surface area (Å²) in [5.74, 6) is 0.614. The lowest BCUT2D eigenvalue weighted by Crippen LogP contribution is -2.41. The van der Waals surface area contributed by atoms with E-state index in [1.54, 1.807) is 0 Å². The Labute approximate surface area is 119 Å². The lowest BCUT2D eigenvalue weighted by Gasteiger charge is -2.29. The predicted molar refractivity (Wildman–Crippen MR) is 79.9 cm³/mol. The molecule has 0 aliphatic carbocycles. The Balaban J connectivity index is 2.22. The van der Waals surface area contributed by atoms with Crippen LogP contribution in [0.25, 0.3) is 0 Å². The number of nitrogens with zero attached hydrogens (tertiary/aromatic N) is 1. The zero-order valence-electron chi connectivity index (χ0n) is 10.9. The Morgan fingerprint density at radius 3 is 2.83 bits per heavy atom. The van der Waals surface area contributed by atoms with Crippen LogP contribution < -0.4 is 10.2 Å². The van der Waals surface area contributed by atoms with Gasteiger partial charge >= 0.3 is 0 Å². The van der Waals surface area contributed by atoms with E-state index < -0.39 is 0 Å². The van der Waals surface area contributed by atoms with Crippen LogP contribution in [-0.4, -0.2) is 25.7 Å². The predicted octanol–water partition coefficient (Wildman–Crippen LogP) is 3.82. The van der Waals surface area contributed by atoms with Gasteiger partial charge in [-0.25, -0.2) is 0 Å². The van der Waals surface area contributed by atoms with Crippen molar-refractivity contribution in [3.63, 3.8) is 0 Å². The highest BCUT2D eigenvalue weighted by Gasteiger charge is 2.22. The van der Waals surface area contributed by atoms with Crippen LogP contribution in [0.1, 0.15) is 20.3 Å². The average molecular weight is 287 g/mol. The minimum absolute atomic E-state index is 0.502. The molecule has 2 nitrogen and oxygen atoms in total. The molecule has 1 aromatic carbocycles. The van der Waals surface area contributed by atoms with E-state index in [-0.39, 0.29) is 0 Å². The lowest BCUT2D eigenvalue weighted by molar-refractivity contribution is 0.420. The Hall–Kier alpha value is -0.440. The molecule has 0 bridgehead atoms. The van der Waals surface area contributed by atoms with E-state index in [1.165, 1.54) is 0 Å². The number of benzene rings is 1. The molecule has 1 heterocycles. The van der Waals surface area contributed by atoms with E-state index in [9.17, 15) is 0 Å².